The number of hydrogen-bond donors (Lipinski definition) is 3. The molecule has 3 N–H and O–H groups in total. The number of amides is 1. The Morgan fingerprint density at radius 1 is 1.27 bits per heavy atom. The lowest BCUT2D eigenvalue weighted by molar-refractivity contribution is 0.0974. The summed E-state index contributed by atoms with van der Waals surface area (Å²) < 4.78 is 5.91. The number of ether oxygens (including phenoxy) is 1. The van der Waals surface area contributed by atoms with E-state index < -0.39 is 5.91 Å². The SMILES string of the molecule is COc1ccc(Br)cc1C(=O)NC(=S)Nc1cccc(O)c1. The van der Waals surface area contributed by atoms with E-state index in [0.717, 1.165) is 4.47 Å². The lowest BCUT2D eigenvalue weighted by atomic mass is 10.2. The first-order valence-corrected chi connectivity index (χ1v) is 7.44. The van der Waals surface area contributed by atoms with Crippen molar-refractivity contribution in [2.75, 3.05) is 12.4 Å². The Labute approximate surface area is 141 Å². The zero-order valence-corrected chi connectivity index (χ0v) is 14.0. The molecule has 0 atom stereocenters. The predicted octanol–water partition coefficient (Wildman–Crippen LogP) is 3.29. The number of phenolic OH excluding ortho intramolecular Hbond substituents is 1. The van der Waals surface area contributed by atoms with Gasteiger partial charge in [0.1, 0.15) is 11.5 Å². The third-order valence-corrected chi connectivity index (χ3v) is 3.43. The average Bonchev–Trinajstić information content (AvgIpc) is 2.47. The van der Waals surface area contributed by atoms with E-state index in [1.165, 1.54) is 13.2 Å². The molecule has 0 heterocycles. The van der Waals surface area contributed by atoms with Gasteiger partial charge in [0.2, 0.25) is 0 Å². The number of rotatable bonds is 3. The average molecular weight is 381 g/mol. The van der Waals surface area contributed by atoms with E-state index in [2.05, 4.69) is 26.6 Å². The van der Waals surface area contributed by atoms with Gasteiger partial charge >= 0.3 is 0 Å². The largest absolute Gasteiger partial charge is 0.508 e. The molecular formula is C15H13BrN2O3S. The molecule has 114 valence electrons. The van der Waals surface area contributed by atoms with Crippen molar-refractivity contribution in [1.82, 2.24) is 5.32 Å². The molecule has 0 aromatic heterocycles. The number of benzene rings is 2. The fourth-order valence-corrected chi connectivity index (χ4v) is 2.35. The van der Waals surface area contributed by atoms with Crippen molar-refractivity contribution in [1.29, 1.82) is 0 Å². The summed E-state index contributed by atoms with van der Waals surface area (Å²) in [6, 6.07) is 11.5. The van der Waals surface area contributed by atoms with Gasteiger partial charge < -0.3 is 15.2 Å². The molecule has 0 spiro atoms. The first-order chi connectivity index (χ1) is 10.5. The fraction of sp³-hybridized carbons (Fsp3) is 0.0667. The number of carbonyl (C=O) groups is 1. The quantitative estimate of drug-likeness (QED) is 0.712. The molecular weight excluding hydrogens is 368 g/mol. The van der Waals surface area contributed by atoms with Gasteiger partial charge in [-0.2, -0.15) is 0 Å². The van der Waals surface area contributed by atoms with E-state index in [4.69, 9.17) is 17.0 Å². The molecule has 0 aliphatic rings. The van der Waals surface area contributed by atoms with Crippen LogP contribution in [0.1, 0.15) is 10.4 Å². The molecule has 0 radical (unpaired) electrons. The second-order valence-corrected chi connectivity index (χ2v) is 5.63. The van der Waals surface area contributed by atoms with Crippen LogP contribution in [-0.4, -0.2) is 23.2 Å². The highest BCUT2D eigenvalue weighted by molar-refractivity contribution is 9.10. The zero-order chi connectivity index (χ0) is 16.1. The number of phenols is 1. The maximum atomic E-state index is 12.3. The van der Waals surface area contributed by atoms with Crippen molar-refractivity contribution in [3.63, 3.8) is 0 Å². The van der Waals surface area contributed by atoms with Crippen molar-refractivity contribution in [3.05, 3.63) is 52.5 Å². The van der Waals surface area contributed by atoms with E-state index >= 15 is 0 Å². The Hall–Kier alpha value is -2.12. The summed E-state index contributed by atoms with van der Waals surface area (Å²) in [7, 11) is 1.49. The number of nitrogens with one attached hydrogen (secondary N) is 2. The van der Waals surface area contributed by atoms with Crippen molar-refractivity contribution < 1.29 is 14.6 Å². The normalized spacial score (nSPS) is 9.91. The van der Waals surface area contributed by atoms with E-state index in [1.54, 1.807) is 36.4 Å². The number of carbonyl (C=O) groups excluding carboxylic acids is 1. The molecule has 7 heteroatoms. The summed E-state index contributed by atoms with van der Waals surface area (Å²) in [6.07, 6.45) is 0. The van der Waals surface area contributed by atoms with Crippen molar-refractivity contribution >= 4 is 44.9 Å². The molecule has 0 unspecified atom stereocenters. The summed E-state index contributed by atoms with van der Waals surface area (Å²) in [5.41, 5.74) is 0.934. The summed E-state index contributed by atoms with van der Waals surface area (Å²) in [5.74, 6) is 0.157. The molecule has 0 fully saturated rings. The van der Waals surface area contributed by atoms with Crippen LogP contribution < -0.4 is 15.4 Å². The molecule has 0 saturated heterocycles. The van der Waals surface area contributed by atoms with Gasteiger partial charge in [-0.1, -0.05) is 22.0 Å². The van der Waals surface area contributed by atoms with E-state index in [-0.39, 0.29) is 10.9 Å². The topological polar surface area (TPSA) is 70.6 Å². The third kappa shape index (κ3) is 4.19. The number of methoxy groups -OCH3 is 1. The Kier molecular flexibility index (Phi) is 5.35. The minimum Gasteiger partial charge on any atom is -0.508 e. The van der Waals surface area contributed by atoms with Crippen LogP contribution in [0.3, 0.4) is 0 Å². The lowest BCUT2D eigenvalue weighted by Crippen LogP contribution is -2.34. The Bertz CT molecular complexity index is 722. The van der Waals surface area contributed by atoms with Crippen LogP contribution >= 0.6 is 28.1 Å². The Morgan fingerprint density at radius 2 is 2.05 bits per heavy atom. The van der Waals surface area contributed by atoms with Crippen molar-refractivity contribution in [2.45, 2.75) is 0 Å². The molecule has 2 rings (SSSR count). The van der Waals surface area contributed by atoms with Gasteiger partial charge in [0.15, 0.2) is 5.11 Å². The molecule has 2 aromatic rings. The van der Waals surface area contributed by atoms with E-state index in [9.17, 15) is 9.90 Å². The van der Waals surface area contributed by atoms with E-state index in [0.29, 0.717) is 17.0 Å². The first kappa shape index (κ1) is 16.3. The molecule has 1 amide bonds. The minimum absolute atomic E-state index is 0.104. The maximum Gasteiger partial charge on any atom is 0.261 e. The molecule has 0 aliphatic heterocycles. The zero-order valence-electron chi connectivity index (χ0n) is 11.6. The predicted molar refractivity (Wildman–Crippen MR) is 92.5 cm³/mol. The van der Waals surface area contributed by atoms with Crippen molar-refractivity contribution in [2.24, 2.45) is 0 Å². The molecule has 0 saturated carbocycles. The van der Waals surface area contributed by atoms with E-state index in [1.807, 2.05) is 0 Å². The molecule has 0 aliphatic carbocycles. The highest BCUT2D eigenvalue weighted by atomic mass is 79.9. The van der Waals surface area contributed by atoms with Crippen LogP contribution in [0.15, 0.2) is 46.9 Å². The fourth-order valence-electron chi connectivity index (χ4n) is 1.77. The smallest absolute Gasteiger partial charge is 0.261 e. The van der Waals surface area contributed by atoms with Crippen LogP contribution in [0.5, 0.6) is 11.5 Å². The Morgan fingerprint density at radius 3 is 2.73 bits per heavy atom. The number of anilines is 1. The van der Waals surface area contributed by atoms with Crippen LogP contribution in [-0.2, 0) is 0 Å². The highest BCUT2D eigenvalue weighted by Crippen LogP contribution is 2.23. The van der Waals surface area contributed by atoms with Crippen molar-refractivity contribution in [3.8, 4) is 11.5 Å². The molecule has 0 bridgehead atoms. The van der Waals surface area contributed by atoms with Gasteiger partial charge in [-0.3, -0.25) is 10.1 Å². The van der Waals surface area contributed by atoms with Gasteiger partial charge in [0.25, 0.3) is 5.91 Å². The number of thiocarbonyl (C=S) groups is 1. The van der Waals surface area contributed by atoms with Gasteiger partial charge in [-0.15, -0.1) is 0 Å². The number of halogens is 1. The lowest BCUT2D eigenvalue weighted by Gasteiger charge is -2.12. The first-order valence-electron chi connectivity index (χ1n) is 6.24. The summed E-state index contributed by atoms with van der Waals surface area (Å²) in [4.78, 5) is 12.3. The number of hydrogen-bond acceptors (Lipinski definition) is 4. The summed E-state index contributed by atoms with van der Waals surface area (Å²) >= 11 is 8.40. The van der Waals surface area contributed by atoms with Crippen LogP contribution in [0.4, 0.5) is 5.69 Å². The molecule has 22 heavy (non-hydrogen) atoms. The molecule has 5 nitrogen and oxygen atoms in total. The third-order valence-electron chi connectivity index (χ3n) is 2.74. The minimum atomic E-state index is -0.393. The van der Waals surface area contributed by atoms with Crippen LogP contribution in [0, 0.1) is 0 Å². The molecule has 2 aromatic carbocycles. The van der Waals surface area contributed by atoms with Crippen LogP contribution in [0.25, 0.3) is 0 Å². The number of aromatic hydroxyl groups is 1. The summed E-state index contributed by atoms with van der Waals surface area (Å²) in [5, 5.41) is 14.9. The highest BCUT2D eigenvalue weighted by Gasteiger charge is 2.14. The van der Waals surface area contributed by atoms with Crippen LogP contribution in [0.2, 0.25) is 0 Å². The maximum absolute atomic E-state index is 12.3. The van der Waals surface area contributed by atoms with Gasteiger partial charge in [0, 0.05) is 16.2 Å². The van der Waals surface area contributed by atoms with Gasteiger partial charge in [-0.05, 0) is 42.5 Å². The summed E-state index contributed by atoms with van der Waals surface area (Å²) in [6.45, 7) is 0. The van der Waals surface area contributed by atoms with Gasteiger partial charge in [0.05, 0.1) is 12.7 Å². The standard InChI is InChI=1S/C15H13BrN2O3S/c1-21-13-6-5-9(16)7-12(13)14(20)18-15(22)17-10-3-2-4-11(19)8-10/h2-8,19H,1H3,(H2,17,18,20,22). The van der Waals surface area contributed by atoms with Gasteiger partial charge in [-0.25, -0.2) is 0 Å². The monoisotopic (exact) mass is 380 g/mol. The second-order valence-electron chi connectivity index (χ2n) is 4.30. The second kappa shape index (κ2) is 7.24. The Balaban J connectivity index is 2.08.